The van der Waals surface area contributed by atoms with Gasteiger partial charge in [-0.05, 0) is 58.7 Å². The van der Waals surface area contributed by atoms with Crippen molar-refractivity contribution in [1.82, 2.24) is 0 Å². The molecule has 0 radical (unpaired) electrons. The number of ether oxygens (including phenoxy) is 1. The molecule has 0 saturated carbocycles. The zero-order valence-corrected chi connectivity index (χ0v) is 29.2. The molecule has 0 saturated heterocycles. The molecule has 7 rings (SSSR count). The van der Waals surface area contributed by atoms with E-state index < -0.39 is 5.41 Å². The van der Waals surface area contributed by atoms with Gasteiger partial charge in [0.1, 0.15) is 22.9 Å². The first kappa shape index (κ1) is 31.7. The minimum Gasteiger partial charge on any atom is -0.507 e. The first-order valence-electron chi connectivity index (χ1n) is 15.2. The average molecular weight is 666 g/mol. The second-order valence-corrected chi connectivity index (χ2v) is 11.8. The normalized spacial score (nSPS) is 13.1. The fourth-order valence-corrected chi connectivity index (χ4v) is 5.91. The molecule has 6 heteroatoms. The van der Waals surface area contributed by atoms with E-state index in [-0.39, 0.29) is 31.0 Å². The Bertz CT molecular complexity index is 1970. The van der Waals surface area contributed by atoms with Crippen LogP contribution in [0.4, 0.5) is 11.4 Å². The molecule has 1 aliphatic rings. The fourth-order valence-electron chi connectivity index (χ4n) is 5.91. The topological polar surface area (TPSA) is 74.4 Å². The zero-order valence-electron chi connectivity index (χ0n) is 26.3. The van der Waals surface area contributed by atoms with Crippen LogP contribution >= 0.6 is 0 Å². The fraction of sp³-hybridized carbons (Fsp3) is 0.0732. The third kappa shape index (κ3) is 6.25. The summed E-state index contributed by atoms with van der Waals surface area (Å²) in [6.45, 7) is 4.33. The number of para-hydroxylation sites is 2. The molecule has 2 N–H and O–H groups in total. The number of aromatic hydroxyl groups is 2. The van der Waals surface area contributed by atoms with Crippen molar-refractivity contribution >= 4 is 23.8 Å². The van der Waals surface area contributed by atoms with Gasteiger partial charge in [-0.2, -0.15) is 0 Å². The molecule has 5 nitrogen and oxygen atoms in total. The van der Waals surface area contributed by atoms with Gasteiger partial charge in [-0.1, -0.05) is 111 Å². The van der Waals surface area contributed by atoms with Crippen LogP contribution in [0.1, 0.15) is 36.1 Å². The summed E-state index contributed by atoms with van der Waals surface area (Å²) >= 11 is 0. The summed E-state index contributed by atoms with van der Waals surface area (Å²) in [5, 5.41) is 21.3. The van der Waals surface area contributed by atoms with Crippen molar-refractivity contribution in [3.8, 4) is 45.3 Å². The van der Waals surface area contributed by atoms with E-state index in [4.69, 9.17) is 14.7 Å². The predicted octanol–water partition coefficient (Wildman–Crippen LogP) is 10.4. The third-order valence-electron chi connectivity index (χ3n) is 8.49. The Kier molecular flexibility index (Phi) is 8.89. The number of phenols is 2. The van der Waals surface area contributed by atoms with Gasteiger partial charge in [-0.15, -0.1) is 0 Å². The van der Waals surface area contributed by atoms with Crippen molar-refractivity contribution in [3.63, 3.8) is 0 Å². The Hall–Kier alpha value is -5.32. The summed E-state index contributed by atoms with van der Waals surface area (Å²) in [5.74, 6) is 1.59. The first-order chi connectivity index (χ1) is 22.4. The average Bonchev–Trinajstić information content (AvgIpc) is 3.08. The number of rotatable bonds is 6. The molecule has 0 unspecified atom stereocenters. The van der Waals surface area contributed by atoms with Crippen molar-refractivity contribution in [2.24, 2.45) is 9.98 Å². The number of benzene rings is 6. The SMILES string of the molecule is CC1(C)c2cccc(N=Cc3cc(-c4ccccc4)ccc3O)c2Oc2c(N=Cc3cc(-c4ccccc4)ccc3O)cccc21.[Zn]. The maximum Gasteiger partial charge on any atom is 0.157 e. The van der Waals surface area contributed by atoms with Crippen LogP contribution in [0.5, 0.6) is 23.0 Å². The molecule has 1 aliphatic heterocycles. The van der Waals surface area contributed by atoms with Crippen molar-refractivity contribution in [1.29, 1.82) is 0 Å². The summed E-state index contributed by atoms with van der Waals surface area (Å²) in [6, 6.07) is 43.0. The van der Waals surface area contributed by atoms with Gasteiger partial charge in [0.2, 0.25) is 0 Å². The van der Waals surface area contributed by atoms with Gasteiger partial charge in [0, 0.05) is 59.6 Å². The van der Waals surface area contributed by atoms with E-state index in [9.17, 15) is 10.2 Å². The van der Waals surface area contributed by atoms with E-state index in [0.717, 1.165) is 33.4 Å². The van der Waals surface area contributed by atoms with E-state index in [2.05, 4.69) is 26.0 Å². The van der Waals surface area contributed by atoms with Crippen LogP contribution in [0.15, 0.2) is 143 Å². The van der Waals surface area contributed by atoms with Gasteiger partial charge in [-0.3, -0.25) is 9.98 Å². The molecule has 1 heterocycles. The van der Waals surface area contributed by atoms with Gasteiger partial charge < -0.3 is 14.9 Å². The standard InChI is InChI=1S/C41H32N2O3.Zn/c1-41(2)33-15-9-17-35(42-25-31-23-29(19-21-37(31)44)27-11-5-3-6-12-27)39(33)46-40-34(41)16-10-18-36(40)43-26-32-24-30(20-22-38(32)45)28-13-7-4-8-14-28;/h3-26,44-45H,1-2H3;. The number of fused-ring (bicyclic) bond motifs is 2. The number of aliphatic imine (C=N–C) groups is 2. The summed E-state index contributed by atoms with van der Waals surface area (Å²) in [7, 11) is 0. The molecule has 0 amide bonds. The Morgan fingerprint density at radius 1 is 0.511 bits per heavy atom. The second-order valence-electron chi connectivity index (χ2n) is 11.8. The molecule has 6 aromatic carbocycles. The van der Waals surface area contributed by atoms with Crippen LogP contribution < -0.4 is 4.74 Å². The molecule has 0 aromatic heterocycles. The molecule has 0 atom stereocenters. The third-order valence-corrected chi connectivity index (χ3v) is 8.49. The van der Waals surface area contributed by atoms with Crippen molar-refractivity contribution in [2.45, 2.75) is 19.3 Å². The monoisotopic (exact) mass is 664 g/mol. The Balaban J connectivity index is 0.00000386. The van der Waals surface area contributed by atoms with Crippen LogP contribution in [-0.2, 0) is 24.9 Å². The minimum absolute atomic E-state index is 0. The van der Waals surface area contributed by atoms with Crippen LogP contribution in [0, 0.1) is 0 Å². The van der Waals surface area contributed by atoms with E-state index in [1.807, 2.05) is 109 Å². The number of nitrogens with zero attached hydrogens (tertiary/aromatic N) is 2. The smallest absolute Gasteiger partial charge is 0.157 e. The Morgan fingerprint density at radius 3 is 1.36 bits per heavy atom. The van der Waals surface area contributed by atoms with Gasteiger partial charge in [0.05, 0.1) is 0 Å². The maximum atomic E-state index is 10.6. The molecule has 6 aromatic rings. The molecular formula is C41H32N2O3Zn. The minimum atomic E-state index is -0.398. The van der Waals surface area contributed by atoms with Crippen LogP contribution in [0.2, 0.25) is 0 Å². The zero-order chi connectivity index (χ0) is 31.7. The van der Waals surface area contributed by atoms with E-state index >= 15 is 0 Å². The number of phenolic OH excluding ortho intramolecular Hbond substituents is 2. The van der Waals surface area contributed by atoms with Gasteiger partial charge in [0.15, 0.2) is 11.5 Å². The maximum absolute atomic E-state index is 10.6. The van der Waals surface area contributed by atoms with Crippen molar-refractivity contribution in [2.75, 3.05) is 0 Å². The summed E-state index contributed by atoms with van der Waals surface area (Å²) in [6.07, 6.45) is 3.35. The van der Waals surface area contributed by atoms with Crippen LogP contribution in [0.25, 0.3) is 22.3 Å². The largest absolute Gasteiger partial charge is 0.507 e. The van der Waals surface area contributed by atoms with E-state index in [1.165, 1.54) is 0 Å². The Morgan fingerprint density at radius 2 is 0.936 bits per heavy atom. The molecule has 0 fully saturated rings. The molecular weight excluding hydrogens is 634 g/mol. The summed E-state index contributed by atoms with van der Waals surface area (Å²) < 4.78 is 6.65. The molecule has 0 spiro atoms. The first-order valence-corrected chi connectivity index (χ1v) is 15.2. The van der Waals surface area contributed by atoms with Gasteiger partial charge >= 0.3 is 0 Å². The van der Waals surface area contributed by atoms with Gasteiger partial charge in [-0.25, -0.2) is 0 Å². The molecule has 226 valence electrons. The molecule has 0 bridgehead atoms. The number of hydrogen-bond donors (Lipinski definition) is 2. The predicted molar refractivity (Wildman–Crippen MR) is 187 cm³/mol. The molecule has 47 heavy (non-hydrogen) atoms. The second kappa shape index (κ2) is 13.2. The summed E-state index contributed by atoms with van der Waals surface area (Å²) in [5.41, 5.74) is 8.22. The van der Waals surface area contributed by atoms with Gasteiger partial charge in [0.25, 0.3) is 0 Å². The molecule has 0 aliphatic carbocycles. The van der Waals surface area contributed by atoms with Crippen molar-refractivity contribution < 1.29 is 34.4 Å². The van der Waals surface area contributed by atoms with Crippen LogP contribution in [-0.4, -0.2) is 22.6 Å². The van der Waals surface area contributed by atoms with Crippen molar-refractivity contribution in [3.05, 3.63) is 156 Å². The van der Waals surface area contributed by atoms with E-state index in [0.29, 0.717) is 34.0 Å². The Labute approximate surface area is 287 Å². The number of hydrogen-bond acceptors (Lipinski definition) is 5. The van der Waals surface area contributed by atoms with E-state index in [1.54, 1.807) is 24.6 Å². The van der Waals surface area contributed by atoms with Crippen LogP contribution in [0.3, 0.4) is 0 Å². The quantitative estimate of drug-likeness (QED) is 0.137. The summed E-state index contributed by atoms with van der Waals surface area (Å²) in [4.78, 5) is 9.63.